The number of aromatic nitrogens is 1. The molecule has 0 atom stereocenters. The van der Waals surface area contributed by atoms with E-state index in [0.29, 0.717) is 5.75 Å². The number of pyridine rings is 1. The second-order valence-electron chi connectivity index (χ2n) is 4.09. The number of hydrogen-bond donors (Lipinski definition) is 2. The van der Waals surface area contributed by atoms with Gasteiger partial charge in [-0.05, 0) is 17.7 Å². The summed E-state index contributed by atoms with van der Waals surface area (Å²) >= 11 is 0. The van der Waals surface area contributed by atoms with E-state index >= 15 is 0 Å². The Kier molecular flexibility index (Phi) is 4.52. The number of nitro groups is 1. The molecular formula is C13H14N4O4. The predicted molar refractivity (Wildman–Crippen MR) is 76.0 cm³/mol. The van der Waals surface area contributed by atoms with Crippen molar-refractivity contribution in [2.24, 2.45) is 5.84 Å². The van der Waals surface area contributed by atoms with E-state index in [1.807, 2.05) is 18.2 Å². The number of nitrogens with two attached hydrogens (primary N) is 1. The van der Waals surface area contributed by atoms with E-state index in [2.05, 4.69) is 10.4 Å². The standard InChI is InChI=1S/C13H14N4O4/c1-20-11-4-2-3-9(5-11)8-21-13-7-10(17(18)19)6-12(15-13)16-14/h2-7H,8,14H2,1H3,(H,15,16). The van der Waals surface area contributed by atoms with Crippen LogP contribution >= 0.6 is 0 Å². The molecule has 0 aliphatic rings. The second-order valence-corrected chi connectivity index (χ2v) is 4.09. The summed E-state index contributed by atoms with van der Waals surface area (Å²) in [6, 6.07) is 9.75. The number of rotatable bonds is 6. The van der Waals surface area contributed by atoms with Gasteiger partial charge in [-0.2, -0.15) is 4.98 Å². The number of hydrogen-bond acceptors (Lipinski definition) is 7. The lowest BCUT2D eigenvalue weighted by Gasteiger charge is -2.08. The van der Waals surface area contributed by atoms with Crippen LogP contribution in [0, 0.1) is 10.1 Å². The van der Waals surface area contributed by atoms with Crippen molar-refractivity contribution >= 4 is 11.5 Å². The molecule has 0 saturated carbocycles. The summed E-state index contributed by atoms with van der Waals surface area (Å²) in [7, 11) is 1.57. The Morgan fingerprint density at radius 1 is 1.38 bits per heavy atom. The highest BCUT2D eigenvalue weighted by Gasteiger charge is 2.12. The van der Waals surface area contributed by atoms with Crippen LogP contribution in [-0.4, -0.2) is 17.0 Å². The minimum absolute atomic E-state index is 0.111. The molecule has 21 heavy (non-hydrogen) atoms. The Labute approximate surface area is 120 Å². The average Bonchev–Trinajstić information content (AvgIpc) is 2.52. The second kappa shape index (κ2) is 6.53. The highest BCUT2D eigenvalue weighted by Crippen LogP contribution is 2.22. The SMILES string of the molecule is COc1cccc(COc2cc([N+](=O)[O-])cc(NN)n2)c1. The van der Waals surface area contributed by atoms with Gasteiger partial charge in [0.2, 0.25) is 5.88 Å². The van der Waals surface area contributed by atoms with E-state index < -0.39 is 4.92 Å². The molecule has 1 aromatic carbocycles. The minimum atomic E-state index is -0.541. The summed E-state index contributed by atoms with van der Waals surface area (Å²) in [5.74, 6) is 6.20. The molecule has 1 heterocycles. The fourth-order valence-electron chi connectivity index (χ4n) is 1.66. The summed E-state index contributed by atoms with van der Waals surface area (Å²) in [5, 5.41) is 10.8. The molecule has 2 rings (SSSR count). The van der Waals surface area contributed by atoms with Gasteiger partial charge in [0.25, 0.3) is 5.69 Å². The van der Waals surface area contributed by atoms with Crippen molar-refractivity contribution in [3.8, 4) is 11.6 Å². The summed E-state index contributed by atoms with van der Waals surface area (Å²) in [4.78, 5) is 14.3. The molecule has 110 valence electrons. The highest BCUT2D eigenvalue weighted by molar-refractivity contribution is 5.47. The molecular weight excluding hydrogens is 276 g/mol. The zero-order valence-electron chi connectivity index (χ0n) is 11.3. The molecule has 0 amide bonds. The molecule has 0 bridgehead atoms. The summed E-state index contributed by atoms with van der Waals surface area (Å²) in [6.07, 6.45) is 0. The fourth-order valence-corrected chi connectivity index (χ4v) is 1.66. The maximum Gasteiger partial charge on any atom is 0.278 e. The van der Waals surface area contributed by atoms with Crippen LogP contribution in [0.2, 0.25) is 0 Å². The first-order valence-electron chi connectivity index (χ1n) is 6.01. The van der Waals surface area contributed by atoms with Crippen LogP contribution in [0.3, 0.4) is 0 Å². The van der Waals surface area contributed by atoms with E-state index in [9.17, 15) is 10.1 Å². The van der Waals surface area contributed by atoms with Crippen LogP contribution in [0.1, 0.15) is 5.56 Å². The quantitative estimate of drug-likeness (QED) is 0.474. The Morgan fingerprint density at radius 2 is 2.19 bits per heavy atom. The van der Waals surface area contributed by atoms with Gasteiger partial charge in [-0.15, -0.1) is 0 Å². The molecule has 8 heteroatoms. The number of anilines is 1. The number of methoxy groups -OCH3 is 1. The van der Waals surface area contributed by atoms with Gasteiger partial charge in [0.05, 0.1) is 24.2 Å². The Hall–Kier alpha value is -2.87. The zero-order chi connectivity index (χ0) is 15.2. The number of nitrogen functional groups attached to an aromatic ring is 1. The Bertz CT molecular complexity index is 648. The smallest absolute Gasteiger partial charge is 0.278 e. The van der Waals surface area contributed by atoms with Crippen LogP contribution in [0.5, 0.6) is 11.6 Å². The molecule has 0 radical (unpaired) electrons. The number of nitrogens with zero attached hydrogens (tertiary/aromatic N) is 2. The molecule has 0 fully saturated rings. The fraction of sp³-hybridized carbons (Fsp3) is 0.154. The molecule has 1 aromatic heterocycles. The molecule has 2 aromatic rings. The van der Waals surface area contributed by atoms with Crippen molar-refractivity contribution < 1.29 is 14.4 Å². The first-order valence-corrected chi connectivity index (χ1v) is 6.01. The number of benzene rings is 1. The highest BCUT2D eigenvalue weighted by atomic mass is 16.6. The first-order chi connectivity index (χ1) is 10.1. The molecule has 0 aliphatic heterocycles. The average molecular weight is 290 g/mol. The van der Waals surface area contributed by atoms with Crippen molar-refractivity contribution in [1.29, 1.82) is 0 Å². The van der Waals surface area contributed by atoms with E-state index in [1.54, 1.807) is 13.2 Å². The topological polar surface area (TPSA) is 113 Å². The van der Waals surface area contributed by atoms with Gasteiger partial charge in [-0.25, -0.2) is 5.84 Å². The van der Waals surface area contributed by atoms with Crippen molar-refractivity contribution in [1.82, 2.24) is 4.98 Å². The Balaban J connectivity index is 2.15. The van der Waals surface area contributed by atoms with E-state index in [-0.39, 0.29) is 24.0 Å². The van der Waals surface area contributed by atoms with Crippen LogP contribution in [-0.2, 0) is 6.61 Å². The lowest BCUT2D eigenvalue weighted by Crippen LogP contribution is -2.10. The lowest BCUT2D eigenvalue weighted by molar-refractivity contribution is -0.384. The van der Waals surface area contributed by atoms with Gasteiger partial charge in [-0.1, -0.05) is 12.1 Å². The molecule has 8 nitrogen and oxygen atoms in total. The van der Waals surface area contributed by atoms with Crippen molar-refractivity contribution in [2.45, 2.75) is 6.61 Å². The van der Waals surface area contributed by atoms with Crippen LogP contribution < -0.4 is 20.7 Å². The molecule has 0 saturated heterocycles. The third-order valence-electron chi connectivity index (χ3n) is 2.67. The third-order valence-corrected chi connectivity index (χ3v) is 2.67. The minimum Gasteiger partial charge on any atom is -0.497 e. The van der Waals surface area contributed by atoms with Gasteiger partial charge >= 0.3 is 0 Å². The van der Waals surface area contributed by atoms with Crippen LogP contribution in [0.4, 0.5) is 11.5 Å². The molecule has 0 unspecified atom stereocenters. The van der Waals surface area contributed by atoms with Gasteiger partial charge < -0.3 is 14.9 Å². The molecule has 0 aliphatic carbocycles. The monoisotopic (exact) mass is 290 g/mol. The zero-order valence-corrected chi connectivity index (χ0v) is 11.3. The van der Waals surface area contributed by atoms with Crippen molar-refractivity contribution in [3.63, 3.8) is 0 Å². The normalized spacial score (nSPS) is 10.0. The van der Waals surface area contributed by atoms with Gasteiger partial charge in [-0.3, -0.25) is 10.1 Å². The molecule has 3 N–H and O–H groups in total. The molecule has 0 spiro atoms. The lowest BCUT2D eigenvalue weighted by atomic mass is 10.2. The maximum atomic E-state index is 10.8. The van der Waals surface area contributed by atoms with Gasteiger partial charge in [0.15, 0.2) is 5.82 Å². The predicted octanol–water partition coefficient (Wildman–Crippen LogP) is 1.86. The largest absolute Gasteiger partial charge is 0.497 e. The Morgan fingerprint density at radius 3 is 2.86 bits per heavy atom. The van der Waals surface area contributed by atoms with E-state index in [1.165, 1.54) is 12.1 Å². The van der Waals surface area contributed by atoms with Crippen LogP contribution in [0.15, 0.2) is 36.4 Å². The maximum absolute atomic E-state index is 10.8. The summed E-state index contributed by atoms with van der Waals surface area (Å²) in [5.41, 5.74) is 2.96. The number of nitrogens with one attached hydrogen (secondary N) is 1. The van der Waals surface area contributed by atoms with Gasteiger partial charge in [0, 0.05) is 0 Å². The summed E-state index contributed by atoms with van der Waals surface area (Å²) in [6.45, 7) is 0.204. The van der Waals surface area contributed by atoms with Crippen molar-refractivity contribution in [3.05, 3.63) is 52.1 Å². The van der Waals surface area contributed by atoms with E-state index in [4.69, 9.17) is 15.3 Å². The van der Waals surface area contributed by atoms with E-state index in [0.717, 1.165) is 5.56 Å². The number of ether oxygens (including phenoxy) is 2. The van der Waals surface area contributed by atoms with Crippen molar-refractivity contribution in [2.75, 3.05) is 12.5 Å². The third kappa shape index (κ3) is 3.80. The number of hydrazine groups is 1. The van der Waals surface area contributed by atoms with Gasteiger partial charge in [0.1, 0.15) is 12.4 Å². The van der Waals surface area contributed by atoms with Crippen LogP contribution in [0.25, 0.3) is 0 Å². The summed E-state index contributed by atoms with van der Waals surface area (Å²) < 4.78 is 10.6. The first kappa shape index (κ1) is 14.5.